The molecule has 1 aliphatic carbocycles. The summed E-state index contributed by atoms with van der Waals surface area (Å²) in [6, 6.07) is 0. The van der Waals surface area contributed by atoms with Crippen molar-refractivity contribution in [3.8, 4) is 0 Å². The van der Waals surface area contributed by atoms with Gasteiger partial charge in [0, 0.05) is 12.8 Å². The van der Waals surface area contributed by atoms with Crippen molar-refractivity contribution in [1.29, 1.82) is 0 Å². The van der Waals surface area contributed by atoms with Crippen LogP contribution < -0.4 is 0 Å². The summed E-state index contributed by atoms with van der Waals surface area (Å²) < 4.78 is 0. The minimum Gasteiger partial charge on any atom is -0.481 e. The molecule has 1 fully saturated rings. The molecular formula is C12H18O8. The molecule has 0 aliphatic heterocycles. The van der Waals surface area contributed by atoms with Crippen LogP contribution in [-0.2, 0) is 19.2 Å². The van der Waals surface area contributed by atoms with E-state index in [2.05, 4.69) is 0 Å². The Kier molecular flexibility index (Phi) is 7.95. The SMILES string of the molecule is O=C(O)C1CCC1C(=O)O.O=C(O)CCCCC(=O)O. The lowest BCUT2D eigenvalue weighted by atomic mass is 9.74. The summed E-state index contributed by atoms with van der Waals surface area (Å²) in [5.41, 5.74) is 0. The Balaban J connectivity index is 0.000000361. The highest BCUT2D eigenvalue weighted by Gasteiger charge is 2.41. The standard InChI is InChI=1S/C6H8O4.C6H10O4/c7-5(8)3-1-2-4(3)6(9)10;7-5(8)3-1-2-4-6(9)10/h3-4H,1-2H2,(H,7,8)(H,9,10);1-4H2,(H,7,8)(H,9,10). The number of carbonyl (C=O) groups is 4. The van der Waals surface area contributed by atoms with E-state index in [0.717, 1.165) is 0 Å². The number of rotatable bonds is 7. The van der Waals surface area contributed by atoms with Crippen molar-refractivity contribution in [3.05, 3.63) is 0 Å². The average Bonchev–Trinajstić information content (AvgIpc) is 2.21. The summed E-state index contributed by atoms with van der Waals surface area (Å²) in [5.74, 6) is -5.00. The second-order valence-electron chi connectivity index (χ2n) is 4.46. The molecule has 114 valence electrons. The maximum Gasteiger partial charge on any atom is 0.307 e. The van der Waals surface area contributed by atoms with Gasteiger partial charge in [-0.15, -0.1) is 0 Å². The molecule has 0 aromatic heterocycles. The monoisotopic (exact) mass is 290 g/mol. The average molecular weight is 290 g/mol. The quantitative estimate of drug-likeness (QED) is 0.505. The first-order valence-corrected chi connectivity index (χ1v) is 6.15. The first-order valence-electron chi connectivity index (χ1n) is 6.15. The van der Waals surface area contributed by atoms with Gasteiger partial charge in [-0.05, 0) is 25.7 Å². The van der Waals surface area contributed by atoms with E-state index in [0.29, 0.717) is 25.7 Å². The van der Waals surface area contributed by atoms with E-state index in [-0.39, 0.29) is 12.8 Å². The van der Waals surface area contributed by atoms with Crippen molar-refractivity contribution in [2.45, 2.75) is 38.5 Å². The maximum atomic E-state index is 10.2. The molecule has 1 aliphatic rings. The zero-order valence-corrected chi connectivity index (χ0v) is 10.8. The fourth-order valence-corrected chi connectivity index (χ4v) is 1.64. The van der Waals surface area contributed by atoms with Gasteiger partial charge < -0.3 is 20.4 Å². The van der Waals surface area contributed by atoms with Crippen molar-refractivity contribution in [2.24, 2.45) is 11.8 Å². The molecule has 0 saturated heterocycles. The highest BCUT2D eigenvalue weighted by atomic mass is 16.4. The molecule has 0 amide bonds. The van der Waals surface area contributed by atoms with E-state index >= 15 is 0 Å². The van der Waals surface area contributed by atoms with Crippen LogP contribution in [0.4, 0.5) is 0 Å². The molecule has 1 rings (SSSR count). The van der Waals surface area contributed by atoms with E-state index in [1.165, 1.54) is 0 Å². The van der Waals surface area contributed by atoms with Gasteiger partial charge in [0.15, 0.2) is 0 Å². The third-order valence-electron chi connectivity index (χ3n) is 2.94. The van der Waals surface area contributed by atoms with Gasteiger partial charge in [-0.1, -0.05) is 0 Å². The molecule has 2 atom stereocenters. The predicted octanol–water partition coefficient (Wildman–Crippen LogP) is 0.898. The van der Waals surface area contributed by atoms with Crippen LogP contribution in [0.5, 0.6) is 0 Å². The Morgan fingerprint density at radius 3 is 1.15 bits per heavy atom. The number of unbranched alkanes of at least 4 members (excludes halogenated alkanes) is 1. The molecule has 0 radical (unpaired) electrons. The Hall–Kier alpha value is -2.12. The second kappa shape index (κ2) is 8.89. The maximum absolute atomic E-state index is 10.2. The minimum absolute atomic E-state index is 0.0628. The first-order chi connectivity index (χ1) is 9.25. The van der Waals surface area contributed by atoms with E-state index in [1.54, 1.807) is 0 Å². The topological polar surface area (TPSA) is 149 Å². The van der Waals surface area contributed by atoms with E-state index < -0.39 is 35.7 Å². The van der Waals surface area contributed by atoms with Crippen LogP contribution in [-0.4, -0.2) is 44.3 Å². The Morgan fingerprint density at radius 1 is 0.700 bits per heavy atom. The van der Waals surface area contributed by atoms with Crippen LogP contribution in [0.3, 0.4) is 0 Å². The molecule has 8 heteroatoms. The lowest BCUT2D eigenvalue weighted by molar-refractivity contribution is -0.160. The lowest BCUT2D eigenvalue weighted by Gasteiger charge is -2.29. The number of hydrogen-bond acceptors (Lipinski definition) is 4. The Labute approximate surface area is 115 Å². The van der Waals surface area contributed by atoms with Crippen molar-refractivity contribution in [1.82, 2.24) is 0 Å². The third-order valence-corrected chi connectivity index (χ3v) is 2.94. The largest absolute Gasteiger partial charge is 0.481 e. The first kappa shape index (κ1) is 17.9. The molecule has 0 aromatic rings. The van der Waals surface area contributed by atoms with Crippen molar-refractivity contribution >= 4 is 23.9 Å². The molecule has 20 heavy (non-hydrogen) atoms. The summed E-state index contributed by atoms with van der Waals surface area (Å²) >= 11 is 0. The fourth-order valence-electron chi connectivity index (χ4n) is 1.64. The van der Waals surface area contributed by atoms with Crippen LogP contribution in [0.15, 0.2) is 0 Å². The minimum atomic E-state index is -0.987. The molecular weight excluding hydrogens is 272 g/mol. The number of aliphatic carboxylic acids is 4. The summed E-state index contributed by atoms with van der Waals surface area (Å²) in [4.78, 5) is 40.3. The van der Waals surface area contributed by atoms with Crippen LogP contribution in [0.25, 0.3) is 0 Å². The molecule has 0 bridgehead atoms. The molecule has 1 saturated carbocycles. The highest BCUT2D eigenvalue weighted by molar-refractivity contribution is 5.81. The van der Waals surface area contributed by atoms with Crippen molar-refractivity contribution in [3.63, 3.8) is 0 Å². The van der Waals surface area contributed by atoms with Gasteiger partial charge in [0.05, 0.1) is 11.8 Å². The van der Waals surface area contributed by atoms with Gasteiger partial charge in [-0.3, -0.25) is 19.2 Å². The molecule has 2 unspecified atom stereocenters. The van der Waals surface area contributed by atoms with Crippen LogP contribution in [0.1, 0.15) is 38.5 Å². The number of carboxylic acids is 4. The second-order valence-corrected chi connectivity index (χ2v) is 4.46. The molecule has 8 nitrogen and oxygen atoms in total. The van der Waals surface area contributed by atoms with Gasteiger partial charge in [0.25, 0.3) is 0 Å². The van der Waals surface area contributed by atoms with Crippen LogP contribution >= 0.6 is 0 Å². The van der Waals surface area contributed by atoms with E-state index in [9.17, 15) is 19.2 Å². The smallest absolute Gasteiger partial charge is 0.307 e. The van der Waals surface area contributed by atoms with Crippen molar-refractivity contribution in [2.75, 3.05) is 0 Å². The molecule has 0 aromatic carbocycles. The van der Waals surface area contributed by atoms with Gasteiger partial charge in [0.1, 0.15) is 0 Å². The predicted molar refractivity (Wildman–Crippen MR) is 65.2 cm³/mol. The van der Waals surface area contributed by atoms with E-state index in [1.807, 2.05) is 0 Å². The summed E-state index contributed by atoms with van der Waals surface area (Å²) in [5, 5.41) is 33.0. The van der Waals surface area contributed by atoms with Gasteiger partial charge in [0.2, 0.25) is 0 Å². The van der Waals surface area contributed by atoms with Crippen LogP contribution in [0.2, 0.25) is 0 Å². The Morgan fingerprint density at radius 2 is 1.00 bits per heavy atom. The fraction of sp³-hybridized carbons (Fsp3) is 0.667. The summed E-state index contributed by atoms with van der Waals surface area (Å²) in [6.07, 6.45) is 2.03. The highest BCUT2D eigenvalue weighted by Crippen LogP contribution is 2.34. The number of hydrogen-bond donors (Lipinski definition) is 4. The lowest BCUT2D eigenvalue weighted by Crippen LogP contribution is -2.37. The zero-order valence-electron chi connectivity index (χ0n) is 10.8. The summed E-state index contributed by atoms with van der Waals surface area (Å²) in [6.45, 7) is 0. The molecule has 4 N–H and O–H groups in total. The molecule has 0 heterocycles. The number of carboxylic acid groups (broad SMARTS) is 4. The van der Waals surface area contributed by atoms with Gasteiger partial charge in [-0.25, -0.2) is 0 Å². The Bertz CT molecular complexity index is 340. The summed E-state index contributed by atoms with van der Waals surface area (Å²) in [7, 11) is 0. The van der Waals surface area contributed by atoms with Gasteiger partial charge in [-0.2, -0.15) is 0 Å². The van der Waals surface area contributed by atoms with Crippen LogP contribution in [0, 0.1) is 11.8 Å². The van der Waals surface area contributed by atoms with E-state index in [4.69, 9.17) is 20.4 Å². The normalized spacial score (nSPS) is 20.0. The third kappa shape index (κ3) is 7.34. The molecule has 0 spiro atoms. The zero-order chi connectivity index (χ0) is 15.7. The van der Waals surface area contributed by atoms with Gasteiger partial charge >= 0.3 is 23.9 Å². The van der Waals surface area contributed by atoms with Crippen molar-refractivity contribution < 1.29 is 39.6 Å².